The highest BCUT2D eigenvalue weighted by atomic mass is 32.2. The van der Waals surface area contributed by atoms with Gasteiger partial charge in [0.25, 0.3) is 0 Å². The molecular formula is C27H31FN6O2S. The Morgan fingerprint density at radius 3 is 2.59 bits per heavy atom. The lowest BCUT2D eigenvalue weighted by Crippen LogP contribution is -2.40. The maximum atomic E-state index is 14.2. The van der Waals surface area contributed by atoms with Crippen molar-refractivity contribution in [3.05, 3.63) is 66.2 Å². The Labute approximate surface area is 216 Å². The number of hydrogen-bond acceptors (Lipinski definition) is 7. The van der Waals surface area contributed by atoms with Gasteiger partial charge in [0, 0.05) is 56.6 Å². The maximum absolute atomic E-state index is 14.2. The molecule has 4 heterocycles. The van der Waals surface area contributed by atoms with E-state index in [0.717, 1.165) is 47.5 Å². The van der Waals surface area contributed by atoms with Crippen LogP contribution in [0.3, 0.4) is 0 Å². The van der Waals surface area contributed by atoms with Crippen molar-refractivity contribution in [2.75, 3.05) is 55.9 Å². The van der Waals surface area contributed by atoms with Gasteiger partial charge in [-0.05, 0) is 55.3 Å². The Kier molecular flexibility index (Phi) is 6.87. The summed E-state index contributed by atoms with van der Waals surface area (Å²) >= 11 is 0. The number of anilines is 2. The maximum Gasteiger partial charge on any atom is 0.152 e. The summed E-state index contributed by atoms with van der Waals surface area (Å²) in [6.45, 7) is 2.04. The standard InChI is InChI=1S/C27H31FN6O2S/c1-32(2)26-17-21(9-10-30-26)34-18-20(4-3-11-33-12-14-37(35,36)15-13-33)22-6-8-25(31-27(22)34)19-5-7-24(29)23(28)16-19/h5-10,16-18H,3-4,11-15,29H2,1-2H3. The van der Waals surface area contributed by atoms with E-state index in [0.29, 0.717) is 24.3 Å². The van der Waals surface area contributed by atoms with Crippen LogP contribution in [0.5, 0.6) is 0 Å². The molecule has 194 valence electrons. The first-order valence-corrected chi connectivity index (χ1v) is 14.2. The number of hydrogen-bond donors (Lipinski definition) is 1. The van der Waals surface area contributed by atoms with Gasteiger partial charge in [0.15, 0.2) is 9.84 Å². The Bertz CT molecular complexity index is 1540. The van der Waals surface area contributed by atoms with Crippen molar-refractivity contribution in [1.29, 1.82) is 0 Å². The normalized spacial score (nSPS) is 15.8. The van der Waals surface area contributed by atoms with Gasteiger partial charge in [-0.15, -0.1) is 0 Å². The van der Waals surface area contributed by atoms with Crippen LogP contribution in [0.1, 0.15) is 12.0 Å². The lowest BCUT2D eigenvalue weighted by molar-refractivity contribution is 0.292. The number of nitrogens with two attached hydrogens (primary N) is 1. The molecule has 1 saturated heterocycles. The molecule has 4 aromatic rings. The average Bonchev–Trinajstić information content (AvgIpc) is 3.24. The van der Waals surface area contributed by atoms with Crippen LogP contribution in [0, 0.1) is 5.82 Å². The quantitative estimate of drug-likeness (QED) is 0.371. The molecule has 1 aromatic carbocycles. The van der Waals surface area contributed by atoms with Crippen LogP contribution in [0.4, 0.5) is 15.9 Å². The second-order valence-electron chi connectivity index (χ2n) is 9.69. The number of rotatable bonds is 7. The number of aromatic nitrogens is 3. The van der Waals surface area contributed by atoms with Crippen LogP contribution in [0.25, 0.3) is 28.0 Å². The number of pyridine rings is 2. The Balaban J connectivity index is 1.49. The monoisotopic (exact) mass is 522 g/mol. The summed E-state index contributed by atoms with van der Waals surface area (Å²) in [5.74, 6) is 0.838. The molecule has 10 heteroatoms. The molecule has 8 nitrogen and oxygen atoms in total. The van der Waals surface area contributed by atoms with Gasteiger partial charge in [0.05, 0.1) is 28.6 Å². The molecule has 5 rings (SSSR count). The lowest BCUT2D eigenvalue weighted by atomic mass is 10.1. The van der Waals surface area contributed by atoms with E-state index in [9.17, 15) is 12.8 Å². The van der Waals surface area contributed by atoms with Crippen molar-refractivity contribution in [2.45, 2.75) is 12.8 Å². The number of nitrogen functional groups attached to an aromatic ring is 1. The van der Waals surface area contributed by atoms with Gasteiger partial charge in [-0.3, -0.25) is 0 Å². The molecule has 0 spiro atoms. The van der Waals surface area contributed by atoms with E-state index < -0.39 is 15.7 Å². The summed E-state index contributed by atoms with van der Waals surface area (Å²) in [7, 11) is 1.01. The fraction of sp³-hybridized carbons (Fsp3) is 0.333. The Morgan fingerprint density at radius 1 is 1.08 bits per heavy atom. The second-order valence-corrected chi connectivity index (χ2v) is 12.0. The van der Waals surface area contributed by atoms with Crippen LogP contribution in [-0.4, -0.2) is 73.1 Å². The van der Waals surface area contributed by atoms with Gasteiger partial charge in [0.2, 0.25) is 0 Å². The molecular weight excluding hydrogens is 491 g/mol. The molecule has 37 heavy (non-hydrogen) atoms. The van der Waals surface area contributed by atoms with Gasteiger partial charge < -0.3 is 20.1 Å². The molecule has 0 amide bonds. The third-order valence-corrected chi connectivity index (χ3v) is 8.46. The van der Waals surface area contributed by atoms with Gasteiger partial charge >= 0.3 is 0 Å². The topological polar surface area (TPSA) is 97.3 Å². The summed E-state index contributed by atoms with van der Waals surface area (Å²) in [5, 5.41) is 1.03. The van der Waals surface area contributed by atoms with Crippen LogP contribution < -0.4 is 10.6 Å². The summed E-state index contributed by atoms with van der Waals surface area (Å²) in [6, 6.07) is 12.6. The van der Waals surface area contributed by atoms with Gasteiger partial charge in [-0.2, -0.15) is 0 Å². The van der Waals surface area contributed by atoms with Crippen molar-refractivity contribution < 1.29 is 12.8 Å². The average molecular weight is 523 g/mol. The zero-order valence-electron chi connectivity index (χ0n) is 21.1. The molecule has 0 saturated carbocycles. The number of sulfone groups is 1. The molecule has 0 aliphatic carbocycles. The van der Waals surface area contributed by atoms with Crippen LogP contribution in [0.2, 0.25) is 0 Å². The van der Waals surface area contributed by atoms with Crippen molar-refractivity contribution in [3.8, 4) is 16.9 Å². The van der Waals surface area contributed by atoms with Crippen molar-refractivity contribution in [1.82, 2.24) is 19.4 Å². The molecule has 1 fully saturated rings. The Hall–Kier alpha value is -3.50. The predicted molar refractivity (Wildman–Crippen MR) is 146 cm³/mol. The highest BCUT2D eigenvalue weighted by molar-refractivity contribution is 7.91. The van der Waals surface area contributed by atoms with E-state index in [1.165, 1.54) is 6.07 Å². The minimum Gasteiger partial charge on any atom is -0.396 e. The van der Waals surface area contributed by atoms with Gasteiger partial charge in [-0.1, -0.05) is 6.07 Å². The van der Waals surface area contributed by atoms with Gasteiger partial charge in [-0.25, -0.2) is 22.8 Å². The molecule has 1 aliphatic heterocycles. The summed E-state index contributed by atoms with van der Waals surface area (Å²) in [4.78, 5) is 13.6. The lowest BCUT2D eigenvalue weighted by Gasteiger charge is -2.26. The highest BCUT2D eigenvalue weighted by Crippen LogP contribution is 2.29. The number of benzene rings is 1. The number of halogens is 1. The molecule has 1 aliphatic rings. The molecule has 0 radical (unpaired) electrons. The van der Waals surface area contributed by atoms with Crippen LogP contribution in [0.15, 0.2) is 54.9 Å². The number of nitrogens with zero attached hydrogens (tertiary/aromatic N) is 5. The minimum atomic E-state index is -2.88. The van der Waals surface area contributed by atoms with Crippen LogP contribution >= 0.6 is 0 Å². The van der Waals surface area contributed by atoms with E-state index in [2.05, 4.69) is 20.6 Å². The third-order valence-electron chi connectivity index (χ3n) is 6.85. The van der Waals surface area contributed by atoms with Gasteiger partial charge in [0.1, 0.15) is 17.3 Å². The first-order chi connectivity index (χ1) is 17.7. The summed E-state index contributed by atoms with van der Waals surface area (Å²) in [5.41, 5.74) is 9.97. The smallest absolute Gasteiger partial charge is 0.152 e. The van der Waals surface area contributed by atoms with E-state index in [4.69, 9.17) is 10.7 Å². The second kappa shape index (κ2) is 10.1. The molecule has 0 atom stereocenters. The number of fused-ring (bicyclic) bond motifs is 1. The number of aryl methyl sites for hydroxylation is 1. The molecule has 2 N–H and O–H groups in total. The largest absolute Gasteiger partial charge is 0.396 e. The minimum absolute atomic E-state index is 0.106. The van der Waals surface area contributed by atoms with Crippen LogP contribution in [-0.2, 0) is 16.3 Å². The van der Waals surface area contributed by atoms with Crippen molar-refractivity contribution in [3.63, 3.8) is 0 Å². The van der Waals surface area contributed by atoms with Crippen molar-refractivity contribution in [2.24, 2.45) is 0 Å². The van der Waals surface area contributed by atoms with E-state index >= 15 is 0 Å². The first-order valence-electron chi connectivity index (χ1n) is 12.3. The fourth-order valence-electron chi connectivity index (χ4n) is 4.68. The van der Waals surface area contributed by atoms with E-state index in [-0.39, 0.29) is 17.2 Å². The highest BCUT2D eigenvalue weighted by Gasteiger charge is 2.21. The van der Waals surface area contributed by atoms with E-state index in [1.807, 2.05) is 43.3 Å². The predicted octanol–water partition coefficient (Wildman–Crippen LogP) is 3.54. The van der Waals surface area contributed by atoms with E-state index in [1.54, 1.807) is 18.3 Å². The van der Waals surface area contributed by atoms with Crippen molar-refractivity contribution >= 4 is 32.4 Å². The summed E-state index contributed by atoms with van der Waals surface area (Å²) < 4.78 is 39.7. The molecule has 0 bridgehead atoms. The Morgan fingerprint density at radius 2 is 1.86 bits per heavy atom. The first kappa shape index (κ1) is 25.2. The third kappa shape index (κ3) is 5.45. The summed E-state index contributed by atoms with van der Waals surface area (Å²) in [6.07, 6.45) is 5.62. The fourth-order valence-corrected chi connectivity index (χ4v) is 5.96. The molecule has 0 unspecified atom stereocenters. The molecule has 3 aromatic heterocycles. The SMILES string of the molecule is CN(C)c1cc(-n2cc(CCCN3CCS(=O)(=O)CC3)c3ccc(-c4ccc(N)c(F)c4)nc32)ccn1. The zero-order valence-corrected chi connectivity index (χ0v) is 21.9. The zero-order chi connectivity index (χ0) is 26.2.